The molecule has 0 bridgehead atoms. The van der Waals surface area contributed by atoms with Crippen LogP contribution in [0.2, 0.25) is 5.02 Å². The molecule has 8 heteroatoms. The molecule has 1 atom stereocenters. The lowest BCUT2D eigenvalue weighted by Gasteiger charge is -2.13. The van der Waals surface area contributed by atoms with E-state index in [0.29, 0.717) is 29.6 Å². The summed E-state index contributed by atoms with van der Waals surface area (Å²) in [7, 11) is 0. The molecule has 0 fully saturated rings. The van der Waals surface area contributed by atoms with E-state index in [-0.39, 0.29) is 5.91 Å². The Kier molecular flexibility index (Phi) is 4.07. The van der Waals surface area contributed by atoms with Gasteiger partial charge in [0.05, 0.1) is 0 Å². The number of carbonyl (C=O) groups excluding carboxylic acids is 1. The number of rotatable bonds is 4. The van der Waals surface area contributed by atoms with Crippen LogP contribution >= 0.6 is 11.6 Å². The summed E-state index contributed by atoms with van der Waals surface area (Å²) in [4.78, 5) is 20.7. The molecule has 4 rings (SSSR count). The van der Waals surface area contributed by atoms with Gasteiger partial charge in [0.2, 0.25) is 0 Å². The maximum Gasteiger partial charge on any atom is 0.261 e. The van der Waals surface area contributed by atoms with Gasteiger partial charge in [-0.25, -0.2) is 14.6 Å². The molecular weight excluding hydrogens is 342 g/mol. The number of benzene rings is 1. The first kappa shape index (κ1) is 15.6. The molecule has 1 aliphatic heterocycles. The molecule has 126 valence electrons. The van der Waals surface area contributed by atoms with Crippen LogP contribution in [0.4, 0.5) is 0 Å². The molecule has 1 aromatic carbocycles. The molecular formula is C17H14ClN5O2. The van der Waals surface area contributed by atoms with Crippen LogP contribution in [0.1, 0.15) is 11.1 Å². The van der Waals surface area contributed by atoms with Crippen molar-refractivity contribution >= 4 is 17.5 Å². The van der Waals surface area contributed by atoms with Crippen molar-refractivity contribution in [3.8, 4) is 11.6 Å². The second-order valence-corrected chi connectivity index (χ2v) is 6.04. The number of carbonyl (C=O) groups is 1. The number of hydrogen-bond donors (Lipinski definition) is 1. The summed E-state index contributed by atoms with van der Waals surface area (Å²) in [5, 5.41) is 7.61. The summed E-state index contributed by atoms with van der Waals surface area (Å²) in [6, 6.07) is 9.06. The van der Waals surface area contributed by atoms with Gasteiger partial charge in [-0.05, 0) is 29.8 Å². The van der Waals surface area contributed by atoms with E-state index in [1.165, 1.54) is 6.33 Å². The number of halogens is 1. The zero-order valence-corrected chi connectivity index (χ0v) is 13.8. The molecule has 0 unspecified atom stereocenters. The molecule has 3 aromatic rings. The van der Waals surface area contributed by atoms with Gasteiger partial charge in [-0.15, -0.1) is 0 Å². The lowest BCUT2D eigenvalue weighted by Crippen LogP contribution is -2.37. The second kappa shape index (κ2) is 6.52. The number of hydrogen-bond acceptors (Lipinski definition) is 5. The number of nitrogens with one attached hydrogen (secondary N) is 1. The third kappa shape index (κ3) is 3.18. The van der Waals surface area contributed by atoms with Crippen molar-refractivity contribution in [3.63, 3.8) is 0 Å². The minimum absolute atomic E-state index is 0.180. The third-order valence-electron chi connectivity index (χ3n) is 3.95. The molecule has 0 aliphatic carbocycles. The van der Waals surface area contributed by atoms with Crippen molar-refractivity contribution in [2.24, 2.45) is 0 Å². The van der Waals surface area contributed by atoms with Crippen LogP contribution in [0.3, 0.4) is 0 Å². The lowest BCUT2D eigenvalue weighted by molar-refractivity contribution is -0.127. The Morgan fingerprint density at radius 1 is 1.40 bits per heavy atom. The molecule has 1 amide bonds. The maximum absolute atomic E-state index is 12.4. The first-order chi connectivity index (χ1) is 12.2. The average Bonchev–Trinajstić information content (AvgIpc) is 3.29. The number of ether oxygens (including phenoxy) is 1. The van der Waals surface area contributed by atoms with Crippen molar-refractivity contribution in [1.82, 2.24) is 25.1 Å². The van der Waals surface area contributed by atoms with E-state index < -0.39 is 6.10 Å². The van der Waals surface area contributed by atoms with Gasteiger partial charge < -0.3 is 10.1 Å². The Morgan fingerprint density at radius 3 is 3.16 bits per heavy atom. The molecule has 2 aromatic heterocycles. The Bertz CT molecular complexity index is 913. The molecule has 7 nitrogen and oxygen atoms in total. The minimum Gasteiger partial charge on any atom is -0.480 e. The molecule has 1 N–H and O–H groups in total. The first-order valence-electron chi connectivity index (χ1n) is 7.72. The van der Waals surface area contributed by atoms with E-state index >= 15 is 0 Å². The van der Waals surface area contributed by atoms with Crippen LogP contribution in [0, 0.1) is 0 Å². The second-order valence-electron chi connectivity index (χ2n) is 5.61. The maximum atomic E-state index is 12.4. The normalized spacial score (nSPS) is 15.5. The molecule has 0 saturated carbocycles. The number of nitrogens with zero attached hydrogens (tertiary/aromatic N) is 4. The van der Waals surface area contributed by atoms with E-state index in [2.05, 4.69) is 20.4 Å². The van der Waals surface area contributed by atoms with Gasteiger partial charge in [-0.3, -0.25) is 4.79 Å². The van der Waals surface area contributed by atoms with Crippen LogP contribution in [0.5, 0.6) is 5.75 Å². The zero-order valence-electron chi connectivity index (χ0n) is 13.1. The zero-order chi connectivity index (χ0) is 17.2. The van der Waals surface area contributed by atoms with Crippen LogP contribution in [0.15, 0.2) is 49.2 Å². The van der Waals surface area contributed by atoms with E-state index in [4.69, 9.17) is 16.3 Å². The first-order valence-corrected chi connectivity index (χ1v) is 8.10. The number of aromatic nitrogens is 4. The van der Waals surface area contributed by atoms with Gasteiger partial charge in [-0.2, -0.15) is 5.10 Å². The SMILES string of the molecule is O=C(NCc1cccnc1-n1cncn1)[C@H]1Cc2cc(Cl)ccc2O1. The Morgan fingerprint density at radius 2 is 2.32 bits per heavy atom. The van der Waals surface area contributed by atoms with E-state index in [9.17, 15) is 4.79 Å². The van der Waals surface area contributed by atoms with Crippen LogP contribution in [-0.4, -0.2) is 31.8 Å². The van der Waals surface area contributed by atoms with Crippen molar-refractivity contribution in [1.29, 1.82) is 0 Å². The quantitative estimate of drug-likeness (QED) is 0.773. The standard InChI is InChI=1S/C17H14ClN5O2/c18-13-3-4-14-12(6-13)7-15(25-14)17(24)21-8-11-2-1-5-20-16(11)23-10-19-9-22-23/h1-6,9-10,15H,7-8H2,(H,21,24)/t15-/m1/s1. The topological polar surface area (TPSA) is 81.9 Å². The summed E-state index contributed by atoms with van der Waals surface area (Å²) < 4.78 is 7.26. The van der Waals surface area contributed by atoms with E-state index in [1.807, 2.05) is 18.2 Å². The Balaban J connectivity index is 1.44. The highest BCUT2D eigenvalue weighted by Gasteiger charge is 2.29. The number of fused-ring (bicyclic) bond motifs is 1. The fourth-order valence-corrected chi connectivity index (χ4v) is 2.95. The highest BCUT2D eigenvalue weighted by molar-refractivity contribution is 6.30. The Hall–Kier alpha value is -2.93. The number of pyridine rings is 1. The fourth-order valence-electron chi connectivity index (χ4n) is 2.75. The van der Waals surface area contributed by atoms with Crippen LogP contribution < -0.4 is 10.1 Å². The average molecular weight is 356 g/mol. The van der Waals surface area contributed by atoms with Crippen molar-refractivity contribution in [2.45, 2.75) is 19.1 Å². The predicted molar refractivity (Wildman–Crippen MR) is 90.6 cm³/mol. The summed E-state index contributed by atoms with van der Waals surface area (Å²) in [6.07, 6.45) is 4.62. The summed E-state index contributed by atoms with van der Waals surface area (Å²) >= 11 is 5.98. The van der Waals surface area contributed by atoms with Crippen molar-refractivity contribution < 1.29 is 9.53 Å². The monoisotopic (exact) mass is 355 g/mol. The van der Waals surface area contributed by atoms with E-state index in [1.54, 1.807) is 29.3 Å². The highest BCUT2D eigenvalue weighted by Crippen LogP contribution is 2.31. The number of amides is 1. The highest BCUT2D eigenvalue weighted by atomic mass is 35.5. The van der Waals surface area contributed by atoms with Gasteiger partial charge in [0.25, 0.3) is 5.91 Å². The van der Waals surface area contributed by atoms with Crippen molar-refractivity contribution in [2.75, 3.05) is 0 Å². The van der Waals surface area contributed by atoms with Gasteiger partial charge >= 0.3 is 0 Å². The predicted octanol–water partition coefficient (Wildman–Crippen LogP) is 1.94. The van der Waals surface area contributed by atoms with Crippen LogP contribution in [0.25, 0.3) is 5.82 Å². The largest absolute Gasteiger partial charge is 0.480 e. The summed E-state index contributed by atoms with van der Waals surface area (Å²) in [6.45, 7) is 0.318. The van der Waals surface area contributed by atoms with E-state index in [0.717, 1.165) is 11.1 Å². The smallest absolute Gasteiger partial charge is 0.261 e. The van der Waals surface area contributed by atoms with Crippen LogP contribution in [-0.2, 0) is 17.8 Å². The van der Waals surface area contributed by atoms with Gasteiger partial charge in [-0.1, -0.05) is 17.7 Å². The molecule has 0 saturated heterocycles. The fraction of sp³-hybridized carbons (Fsp3) is 0.176. The molecule has 0 spiro atoms. The van der Waals surface area contributed by atoms with Gasteiger partial charge in [0.15, 0.2) is 11.9 Å². The van der Waals surface area contributed by atoms with Gasteiger partial charge in [0.1, 0.15) is 18.4 Å². The molecule has 0 radical (unpaired) electrons. The third-order valence-corrected chi connectivity index (χ3v) is 4.18. The molecule has 3 heterocycles. The Labute approximate surface area is 148 Å². The molecule has 1 aliphatic rings. The minimum atomic E-state index is -0.556. The summed E-state index contributed by atoms with van der Waals surface area (Å²) in [5.41, 5.74) is 1.78. The lowest BCUT2D eigenvalue weighted by atomic mass is 10.1. The van der Waals surface area contributed by atoms with Crippen molar-refractivity contribution in [3.05, 3.63) is 65.3 Å². The van der Waals surface area contributed by atoms with Gasteiger partial charge in [0, 0.05) is 29.7 Å². The molecule has 25 heavy (non-hydrogen) atoms. The summed E-state index contributed by atoms with van der Waals surface area (Å²) in [5.74, 6) is 1.15.